The first-order chi connectivity index (χ1) is 10.0. The molecule has 1 unspecified atom stereocenters. The van der Waals surface area contributed by atoms with Crippen molar-refractivity contribution in [2.45, 2.75) is 31.5 Å². The van der Waals surface area contributed by atoms with Gasteiger partial charge < -0.3 is 5.32 Å². The minimum absolute atomic E-state index is 0.236. The predicted octanol–water partition coefficient (Wildman–Crippen LogP) is 3.96. The molecule has 1 aromatic heterocycles. The second kappa shape index (κ2) is 5.42. The summed E-state index contributed by atoms with van der Waals surface area (Å²) < 4.78 is 39.5. The third-order valence-corrected chi connectivity index (χ3v) is 4.95. The van der Waals surface area contributed by atoms with Crippen molar-refractivity contribution < 1.29 is 13.2 Å². The fraction of sp³-hybridized carbons (Fsp3) is 0.400. The first-order valence-corrected chi connectivity index (χ1v) is 7.64. The van der Waals surface area contributed by atoms with Crippen molar-refractivity contribution in [2.75, 3.05) is 7.05 Å². The van der Waals surface area contributed by atoms with Gasteiger partial charge in [0.25, 0.3) is 0 Å². The first-order valence-electron chi connectivity index (χ1n) is 6.82. The predicted molar refractivity (Wildman–Crippen MR) is 76.5 cm³/mol. The van der Waals surface area contributed by atoms with E-state index in [0.29, 0.717) is 0 Å². The van der Waals surface area contributed by atoms with E-state index < -0.39 is 17.8 Å². The Balaban J connectivity index is 2.04. The van der Waals surface area contributed by atoms with Gasteiger partial charge in [0.1, 0.15) is 5.01 Å². The second-order valence-electron chi connectivity index (χ2n) is 5.08. The quantitative estimate of drug-likeness (QED) is 0.928. The molecule has 3 rings (SSSR count). The fourth-order valence-corrected chi connectivity index (χ4v) is 4.04. The van der Waals surface area contributed by atoms with E-state index in [2.05, 4.69) is 10.3 Å². The molecule has 1 N–H and O–H groups in total. The smallest absolute Gasteiger partial charge is 0.307 e. The van der Waals surface area contributed by atoms with Crippen LogP contribution in [0, 0.1) is 0 Å². The monoisotopic (exact) mass is 312 g/mol. The third kappa shape index (κ3) is 2.70. The number of hydrogen-bond donors (Lipinski definition) is 1. The zero-order chi connectivity index (χ0) is 15.0. The van der Waals surface area contributed by atoms with Crippen molar-refractivity contribution >= 4 is 11.3 Å². The van der Waals surface area contributed by atoms with Gasteiger partial charge in [-0.25, -0.2) is 4.98 Å². The van der Waals surface area contributed by atoms with Crippen LogP contribution in [0.4, 0.5) is 13.2 Å². The number of thiazole rings is 1. The summed E-state index contributed by atoms with van der Waals surface area (Å²) >= 11 is 1.53. The van der Waals surface area contributed by atoms with Gasteiger partial charge in [0.2, 0.25) is 0 Å². The second-order valence-corrected chi connectivity index (χ2v) is 6.20. The van der Waals surface area contributed by atoms with E-state index in [1.54, 1.807) is 13.1 Å². The van der Waals surface area contributed by atoms with Gasteiger partial charge in [0.15, 0.2) is 0 Å². The van der Waals surface area contributed by atoms with Gasteiger partial charge in [-0.15, -0.1) is 11.3 Å². The molecular weight excluding hydrogens is 297 g/mol. The number of alkyl halides is 3. The molecule has 0 aliphatic heterocycles. The van der Waals surface area contributed by atoms with Gasteiger partial charge in [-0.3, -0.25) is 0 Å². The highest BCUT2D eigenvalue weighted by Gasteiger charge is 2.36. The lowest BCUT2D eigenvalue weighted by molar-refractivity contribution is -0.138. The molecule has 0 saturated carbocycles. The SMILES string of the molecule is CNC(c1nc2c(s1)CCC2)c1ccccc1C(F)(F)F. The third-order valence-electron chi connectivity index (χ3n) is 3.73. The lowest BCUT2D eigenvalue weighted by Gasteiger charge is -2.19. The van der Waals surface area contributed by atoms with Crippen LogP contribution in [0.15, 0.2) is 24.3 Å². The Hall–Kier alpha value is -1.40. The Morgan fingerprint density at radius 1 is 1.24 bits per heavy atom. The van der Waals surface area contributed by atoms with E-state index in [1.807, 2.05) is 0 Å². The van der Waals surface area contributed by atoms with Crippen LogP contribution < -0.4 is 5.32 Å². The van der Waals surface area contributed by atoms with E-state index in [1.165, 1.54) is 28.3 Å². The Labute approximate surface area is 125 Å². The Morgan fingerprint density at radius 2 is 2.00 bits per heavy atom. The highest BCUT2D eigenvalue weighted by Crippen LogP contribution is 2.38. The molecule has 1 aromatic carbocycles. The van der Waals surface area contributed by atoms with Crippen LogP contribution in [-0.4, -0.2) is 12.0 Å². The molecule has 1 aliphatic carbocycles. The molecular formula is C15H15F3N2S. The number of aryl methyl sites for hydroxylation is 2. The molecule has 1 aliphatic rings. The van der Waals surface area contributed by atoms with Gasteiger partial charge >= 0.3 is 6.18 Å². The molecule has 21 heavy (non-hydrogen) atoms. The van der Waals surface area contributed by atoms with Crippen molar-refractivity contribution in [1.29, 1.82) is 0 Å². The van der Waals surface area contributed by atoms with E-state index >= 15 is 0 Å². The summed E-state index contributed by atoms with van der Waals surface area (Å²) in [5.41, 5.74) is 0.694. The standard InChI is InChI=1S/C15H15F3N2S/c1-19-13(14-20-11-7-4-8-12(11)21-14)9-5-2-3-6-10(9)15(16,17)18/h2-3,5-6,13,19H,4,7-8H2,1H3. The molecule has 2 aromatic rings. The van der Waals surface area contributed by atoms with Crippen LogP contribution in [0.2, 0.25) is 0 Å². The van der Waals surface area contributed by atoms with Crippen molar-refractivity contribution in [3.8, 4) is 0 Å². The largest absolute Gasteiger partial charge is 0.416 e. The van der Waals surface area contributed by atoms with Crippen LogP contribution in [-0.2, 0) is 19.0 Å². The summed E-state index contributed by atoms with van der Waals surface area (Å²) in [5.74, 6) is 0. The molecule has 0 fully saturated rings. The summed E-state index contributed by atoms with van der Waals surface area (Å²) in [6.07, 6.45) is -1.34. The maximum absolute atomic E-state index is 13.2. The number of fused-ring (bicyclic) bond motifs is 1. The highest BCUT2D eigenvalue weighted by atomic mass is 32.1. The summed E-state index contributed by atoms with van der Waals surface area (Å²) in [6, 6.07) is 5.19. The van der Waals surface area contributed by atoms with Crippen LogP contribution in [0.1, 0.15) is 39.2 Å². The summed E-state index contributed by atoms with van der Waals surface area (Å²) in [6.45, 7) is 0. The fourth-order valence-electron chi connectivity index (χ4n) is 2.75. The van der Waals surface area contributed by atoms with Crippen LogP contribution in [0.25, 0.3) is 0 Å². The number of benzene rings is 1. The van der Waals surface area contributed by atoms with E-state index in [4.69, 9.17) is 0 Å². The normalized spacial score (nSPS) is 16.0. The molecule has 0 spiro atoms. The average molecular weight is 312 g/mol. The molecule has 0 amide bonds. The van der Waals surface area contributed by atoms with Gasteiger partial charge in [-0.1, -0.05) is 18.2 Å². The number of nitrogens with one attached hydrogen (secondary N) is 1. The maximum Gasteiger partial charge on any atom is 0.416 e. The topological polar surface area (TPSA) is 24.9 Å². The molecule has 6 heteroatoms. The molecule has 0 bridgehead atoms. The summed E-state index contributed by atoms with van der Waals surface area (Å²) in [4.78, 5) is 5.77. The van der Waals surface area contributed by atoms with Gasteiger partial charge in [-0.05, 0) is 37.9 Å². The summed E-state index contributed by atoms with van der Waals surface area (Å²) in [7, 11) is 1.67. The van der Waals surface area contributed by atoms with Gasteiger partial charge in [-0.2, -0.15) is 13.2 Å². The molecule has 0 radical (unpaired) electrons. The van der Waals surface area contributed by atoms with E-state index in [0.717, 1.165) is 36.0 Å². The van der Waals surface area contributed by atoms with Gasteiger partial charge in [0, 0.05) is 4.88 Å². The molecule has 1 heterocycles. The Kier molecular flexibility index (Phi) is 3.75. The van der Waals surface area contributed by atoms with Crippen molar-refractivity contribution in [3.63, 3.8) is 0 Å². The van der Waals surface area contributed by atoms with Crippen LogP contribution >= 0.6 is 11.3 Å². The lowest BCUT2D eigenvalue weighted by atomic mass is 10.0. The lowest BCUT2D eigenvalue weighted by Crippen LogP contribution is -2.22. The zero-order valence-corrected chi connectivity index (χ0v) is 12.3. The number of halogens is 3. The van der Waals surface area contributed by atoms with Crippen molar-refractivity contribution in [2.24, 2.45) is 0 Å². The van der Waals surface area contributed by atoms with Crippen LogP contribution in [0.5, 0.6) is 0 Å². The molecule has 112 valence electrons. The van der Waals surface area contributed by atoms with Gasteiger partial charge in [0.05, 0.1) is 17.3 Å². The minimum Gasteiger partial charge on any atom is -0.307 e. The van der Waals surface area contributed by atoms with E-state index in [9.17, 15) is 13.2 Å². The maximum atomic E-state index is 13.2. The molecule has 1 atom stereocenters. The first kappa shape index (κ1) is 14.5. The Morgan fingerprint density at radius 3 is 2.67 bits per heavy atom. The van der Waals surface area contributed by atoms with Crippen molar-refractivity contribution in [1.82, 2.24) is 10.3 Å². The van der Waals surface area contributed by atoms with Crippen molar-refractivity contribution in [3.05, 3.63) is 51.0 Å². The Bertz CT molecular complexity index is 627. The minimum atomic E-state index is -4.36. The molecule has 0 saturated heterocycles. The zero-order valence-electron chi connectivity index (χ0n) is 11.5. The number of hydrogen-bond acceptors (Lipinski definition) is 3. The highest BCUT2D eigenvalue weighted by molar-refractivity contribution is 7.11. The summed E-state index contributed by atoms with van der Waals surface area (Å²) in [5, 5.41) is 3.70. The average Bonchev–Trinajstić information content (AvgIpc) is 3.00. The number of aromatic nitrogens is 1. The van der Waals surface area contributed by atoms with Crippen LogP contribution in [0.3, 0.4) is 0 Å². The molecule has 2 nitrogen and oxygen atoms in total. The number of rotatable bonds is 3. The van der Waals surface area contributed by atoms with E-state index in [-0.39, 0.29) is 5.56 Å². The number of nitrogens with zero attached hydrogens (tertiary/aromatic N) is 1.